The van der Waals surface area contributed by atoms with Crippen molar-refractivity contribution in [1.29, 1.82) is 0 Å². The second kappa shape index (κ2) is 7.46. The summed E-state index contributed by atoms with van der Waals surface area (Å²) >= 11 is 0. The molecule has 2 aromatic rings. The fourth-order valence-corrected chi connectivity index (χ4v) is 3.13. The SMILES string of the molecule is CS(=O)(=O)CC(=O)c1ccccc1Nc1cccc(C(F)(F)F)c1C(F)(F)F. The van der Waals surface area contributed by atoms with Crippen LogP contribution in [0.15, 0.2) is 42.5 Å². The van der Waals surface area contributed by atoms with Crippen LogP contribution in [0.3, 0.4) is 0 Å². The van der Waals surface area contributed by atoms with E-state index in [0.717, 1.165) is 30.5 Å². The van der Waals surface area contributed by atoms with Gasteiger partial charge in [0.15, 0.2) is 15.6 Å². The van der Waals surface area contributed by atoms with Gasteiger partial charge in [-0.1, -0.05) is 18.2 Å². The van der Waals surface area contributed by atoms with Gasteiger partial charge >= 0.3 is 12.4 Å². The molecule has 0 aliphatic heterocycles. The Morgan fingerprint density at radius 3 is 2.00 bits per heavy atom. The summed E-state index contributed by atoms with van der Waals surface area (Å²) in [5.74, 6) is -1.81. The highest BCUT2D eigenvalue weighted by Crippen LogP contribution is 2.44. The Bertz CT molecular complexity index is 997. The van der Waals surface area contributed by atoms with E-state index in [1.54, 1.807) is 0 Å². The third kappa shape index (κ3) is 5.24. The molecule has 0 amide bonds. The number of hydrogen-bond donors (Lipinski definition) is 1. The van der Waals surface area contributed by atoms with Gasteiger partial charge in [-0.25, -0.2) is 8.42 Å². The zero-order valence-corrected chi connectivity index (χ0v) is 15.0. The topological polar surface area (TPSA) is 63.2 Å². The summed E-state index contributed by atoms with van der Waals surface area (Å²) in [5.41, 5.74) is -5.25. The van der Waals surface area contributed by atoms with Crippen molar-refractivity contribution in [2.45, 2.75) is 12.4 Å². The van der Waals surface area contributed by atoms with Gasteiger partial charge in [0.1, 0.15) is 5.75 Å². The monoisotopic (exact) mass is 425 g/mol. The molecule has 0 aromatic heterocycles. The summed E-state index contributed by atoms with van der Waals surface area (Å²) in [6.45, 7) is 0. The van der Waals surface area contributed by atoms with Crippen molar-refractivity contribution >= 4 is 27.0 Å². The average molecular weight is 425 g/mol. The van der Waals surface area contributed by atoms with Gasteiger partial charge in [0.2, 0.25) is 0 Å². The number of rotatable bonds is 5. The summed E-state index contributed by atoms with van der Waals surface area (Å²) in [6.07, 6.45) is -9.79. The van der Waals surface area contributed by atoms with Crippen LogP contribution in [0.4, 0.5) is 37.7 Å². The van der Waals surface area contributed by atoms with Crippen molar-refractivity contribution < 1.29 is 39.6 Å². The lowest BCUT2D eigenvalue weighted by molar-refractivity contribution is -0.161. The van der Waals surface area contributed by atoms with E-state index in [2.05, 4.69) is 5.32 Å². The van der Waals surface area contributed by atoms with E-state index < -0.39 is 50.5 Å². The number of carbonyl (C=O) groups is 1. The van der Waals surface area contributed by atoms with E-state index in [4.69, 9.17) is 0 Å². The Morgan fingerprint density at radius 2 is 1.46 bits per heavy atom. The van der Waals surface area contributed by atoms with Gasteiger partial charge in [-0.05, 0) is 24.3 Å². The lowest BCUT2D eigenvalue weighted by Crippen LogP contribution is -2.19. The van der Waals surface area contributed by atoms with E-state index in [0.29, 0.717) is 6.07 Å². The van der Waals surface area contributed by atoms with Crippen molar-refractivity contribution in [2.24, 2.45) is 0 Å². The van der Waals surface area contributed by atoms with Crippen molar-refractivity contribution in [1.82, 2.24) is 0 Å². The van der Waals surface area contributed by atoms with Crippen LogP contribution in [-0.4, -0.2) is 26.2 Å². The molecule has 2 aromatic carbocycles. The van der Waals surface area contributed by atoms with Gasteiger partial charge in [-0.15, -0.1) is 0 Å². The standard InChI is InChI=1S/C17H13F6NO3S/c1-28(26,27)9-14(25)10-5-2-3-7-12(10)24-13-8-4-6-11(16(18,19)20)15(13)17(21,22)23/h2-8,24H,9H2,1H3. The van der Waals surface area contributed by atoms with Gasteiger partial charge in [0, 0.05) is 17.5 Å². The minimum absolute atomic E-state index is 0.249. The van der Waals surface area contributed by atoms with Gasteiger partial charge in [0.05, 0.1) is 16.8 Å². The van der Waals surface area contributed by atoms with E-state index in [-0.39, 0.29) is 11.3 Å². The Labute approximate surface area is 156 Å². The number of para-hydroxylation sites is 1. The number of nitrogens with one attached hydrogen (secondary N) is 1. The molecule has 0 saturated carbocycles. The van der Waals surface area contributed by atoms with Crippen molar-refractivity contribution in [3.8, 4) is 0 Å². The molecule has 152 valence electrons. The van der Waals surface area contributed by atoms with Crippen molar-refractivity contribution in [3.63, 3.8) is 0 Å². The fourth-order valence-electron chi connectivity index (χ4n) is 2.49. The van der Waals surface area contributed by atoms with Crippen LogP contribution >= 0.6 is 0 Å². The van der Waals surface area contributed by atoms with Crippen molar-refractivity contribution in [2.75, 3.05) is 17.3 Å². The lowest BCUT2D eigenvalue weighted by Gasteiger charge is -2.20. The summed E-state index contributed by atoms with van der Waals surface area (Å²) in [4.78, 5) is 12.2. The number of hydrogen-bond acceptors (Lipinski definition) is 4. The molecule has 2 rings (SSSR count). The summed E-state index contributed by atoms with van der Waals surface area (Å²) < 4.78 is 102. The van der Waals surface area contributed by atoms with E-state index in [9.17, 15) is 39.6 Å². The third-order valence-corrected chi connectivity index (χ3v) is 4.33. The number of Topliss-reactive ketones (excluding diaryl/α,β-unsaturated/α-hetero) is 1. The second-order valence-electron chi connectivity index (χ2n) is 5.89. The molecule has 0 aliphatic carbocycles. The first-order valence-electron chi connectivity index (χ1n) is 7.54. The van der Waals surface area contributed by atoms with Gasteiger partial charge in [0.25, 0.3) is 0 Å². The highest BCUT2D eigenvalue weighted by Gasteiger charge is 2.45. The molecule has 1 N–H and O–H groups in total. The molecule has 0 heterocycles. The highest BCUT2D eigenvalue weighted by atomic mass is 32.2. The van der Waals surface area contributed by atoms with Gasteiger partial charge in [-0.2, -0.15) is 26.3 Å². The first kappa shape index (κ1) is 21.7. The zero-order valence-electron chi connectivity index (χ0n) is 14.1. The Balaban J connectivity index is 2.58. The van der Waals surface area contributed by atoms with Crippen LogP contribution in [0, 0.1) is 0 Å². The molecule has 4 nitrogen and oxygen atoms in total. The summed E-state index contributed by atoms with van der Waals surface area (Å²) in [7, 11) is -3.72. The predicted octanol–water partition coefficient (Wildman–Crippen LogP) is 4.70. The number of ketones is 1. The predicted molar refractivity (Wildman–Crippen MR) is 90.2 cm³/mol. The van der Waals surface area contributed by atoms with Crippen LogP contribution < -0.4 is 5.32 Å². The largest absolute Gasteiger partial charge is 0.419 e. The number of sulfone groups is 1. The van der Waals surface area contributed by atoms with Crippen LogP contribution in [0.5, 0.6) is 0 Å². The Morgan fingerprint density at radius 1 is 0.893 bits per heavy atom. The molecule has 0 spiro atoms. The first-order valence-corrected chi connectivity index (χ1v) is 9.60. The average Bonchev–Trinajstić information content (AvgIpc) is 2.51. The van der Waals surface area contributed by atoms with Crippen LogP contribution in [0.2, 0.25) is 0 Å². The van der Waals surface area contributed by atoms with Crippen LogP contribution in [-0.2, 0) is 22.2 Å². The third-order valence-electron chi connectivity index (χ3n) is 3.54. The molecule has 0 fully saturated rings. The summed E-state index contributed by atoms with van der Waals surface area (Å²) in [5, 5.41) is 2.19. The minimum Gasteiger partial charge on any atom is -0.354 e. The normalized spacial score (nSPS) is 12.7. The second-order valence-corrected chi connectivity index (χ2v) is 8.03. The fraction of sp³-hybridized carbons (Fsp3) is 0.235. The van der Waals surface area contributed by atoms with Crippen LogP contribution in [0.25, 0.3) is 0 Å². The molecule has 0 atom stereocenters. The smallest absolute Gasteiger partial charge is 0.354 e. The lowest BCUT2D eigenvalue weighted by atomic mass is 10.0. The maximum Gasteiger partial charge on any atom is 0.419 e. The zero-order chi connectivity index (χ0) is 21.3. The maximum atomic E-state index is 13.3. The molecule has 28 heavy (non-hydrogen) atoms. The number of anilines is 2. The molecular weight excluding hydrogens is 412 g/mol. The molecule has 0 bridgehead atoms. The molecule has 0 saturated heterocycles. The Kier molecular flexibility index (Phi) is 5.79. The van der Waals surface area contributed by atoms with E-state index in [1.807, 2.05) is 0 Å². The number of halogens is 6. The minimum atomic E-state index is -5.33. The first-order chi connectivity index (χ1) is 12.7. The van der Waals surface area contributed by atoms with Crippen molar-refractivity contribution in [3.05, 3.63) is 59.2 Å². The number of alkyl halides is 6. The Hall–Kier alpha value is -2.56. The van der Waals surface area contributed by atoms with Gasteiger partial charge < -0.3 is 5.32 Å². The molecule has 0 unspecified atom stereocenters. The number of carbonyl (C=O) groups excluding carboxylic acids is 1. The van der Waals surface area contributed by atoms with E-state index >= 15 is 0 Å². The van der Waals surface area contributed by atoms with E-state index in [1.165, 1.54) is 12.1 Å². The quantitative estimate of drug-likeness (QED) is 0.558. The molecular formula is C17H13F6NO3S. The maximum absolute atomic E-state index is 13.3. The highest BCUT2D eigenvalue weighted by molar-refractivity contribution is 7.91. The van der Waals surface area contributed by atoms with Crippen LogP contribution in [0.1, 0.15) is 21.5 Å². The molecule has 0 radical (unpaired) electrons. The number of benzene rings is 2. The van der Waals surface area contributed by atoms with Gasteiger partial charge in [-0.3, -0.25) is 4.79 Å². The molecule has 11 heteroatoms. The molecule has 0 aliphatic rings. The summed E-state index contributed by atoms with van der Waals surface area (Å²) in [6, 6.07) is 6.89.